The number of hydrogen-bond donors (Lipinski definition) is 1. The molecule has 13 heteroatoms. The maximum atomic E-state index is 15.1. The van der Waals surface area contributed by atoms with Gasteiger partial charge in [0.2, 0.25) is 5.88 Å². The summed E-state index contributed by atoms with van der Waals surface area (Å²) >= 11 is 6.12. The summed E-state index contributed by atoms with van der Waals surface area (Å²) in [6.45, 7) is 1.93. The van der Waals surface area contributed by atoms with E-state index in [1.54, 1.807) is 34.9 Å². The van der Waals surface area contributed by atoms with E-state index in [4.69, 9.17) is 11.6 Å². The van der Waals surface area contributed by atoms with Crippen LogP contribution in [0.1, 0.15) is 53.0 Å². The zero-order valence-electron chi connectivity index (χ0n) is 22.6. The van der Waals surface area contributed by atoms with Gasteiger partial charge in [-0.3, -0.25) is 9.20 Å². The molecule has 4 heterocycles. The minimum atomic E-state index is -4.42. The molecule has 0 aliphatic carbocycles. The number of nitrogens with one attached hydrogen (secondary N) is 1. The van der Waals surface area contributed by atoms with Crippen LogP contribution in [0.5, 0.6) is 5.88 Å². The summed E-state index contributed by atoms with van der Waals surface area (Å²) in [4.78, 5) is 23.6. The molecule has 0 unspecified atom stereocenters. The third-order valence-electron chi connectivity index (χ3n) is 7.16. The molecule has 0 spiro atoms. The molecule has 1 N–H and O–H groups in total. The number of aryl methyl sites for hydroxylation is 1. The average molecular weight is 626 g/mol. The first-order valence-corrected chi connectivity index (χ1v) is 13.6. The predicted octanol–water partition coefficient (Wildman–Crippen LogP) is 6.76. The van der Waals surface area contributed by atoms with Gasteiger partial charge in [0.1, 0.15) is 17.2 Å². The number of piperidine rings is 1. The highest BCUT2D eigenvalue weighted by Crippen LogP contribution is 2.32. The van der Waals surface area contributed by atoms with E-state index in [1.165, 1.54) is 18.3 Å². The number of alkyl halides is 3. The minimum Gasteiger partial charge on any atom is -0.468 e. The first kappa shape index (κ1) is 31.4. The number of rotatable bonds is 8. The van der Waals surface area contributed by atoms with Gasteiger partial charge in [-0.05, 0) is 55.0 Å². The Hall–Kier alpha value is -3.57. The predicted molar refractivity (Wildman–Crippen MR) is 154 cm³/mol. The second-order valence-electron chi connectivity index (χ2n) is 9.89. The Morgan fingerprint density at radius 1 is 1.14 bits per heavy atom. The molecule has 1 aliphatic rings. The van der Waals surface area contributed by atoms with Crippen LogP contribution in [-0.4, -0.2) is 46.1 Å². The van der Waals surface area contributed by atoms with Crippen molar-refractivity contribution in [1.82, 2.24) is 19.7 Å². The summed E-state index contributed by atoms with van der Waals surface area (Å²) in [5, 5.41) is 3.29. The number of carbonyl (C=O) groups excluding carboxylic acids is 1. The normalized spacial score (nSPS) is 14.1. The van der Waals surface area contributed by atoms with Crippen molar-refractivity contribution in [3.63, 3.8) is 0 Å². The van der Waals surface area contributed by atoms with Crippen LogP contribution in [-0.2, 0) is 13.0 Å². The molecule has 224 valence electrons. The van der Waals surface area contributed by atoms with Crippen molar-refractivity contribution < 1.29 is 27.1 Å². The zero-order chi connectivity index (χ0) is 29.1. The number of fused-ring (bicyclic) bond motifs is 1. The number of amides is 1. The average Bonchev–Trinajstić information content (AvgIpc) is 3.33. The summed E-state index contributed by atoms with van der Waals surface area (Å²) < 4.78 is 58.4. The van der Waals surface area contributed by atoms with Crippen molar-refractivity contribution in [2.75, 3.05) is 24.6 Å². The van der Waals surface area contributed by atoms with Gasteiger partial charge in [-0.2, -0.15) is 13.2 Å². The van der Waals surface area contributed by atoms with Crippen LogP contribution in [0.2, 0.25) is 5.02 Å². The fourth-order valence-corrected chi connectivity index (χ4v) is 5.21. The standard InChI is InChI=1S/C29H28ClF4N5O2.ClH/c1-2-24-27(39-16-21(30)5-7-25(39)37-24)28(40)36-14-20-4-3-19(13-23(20)31)18-9-11-38(12-10-18)22-6-8-26(35-15-22)41-17-29(32,33)34;/h3-8,13,15-16,18H,2,9-12,14,17H2,1H3,(H,36,40);1H. The molecule has 0 radical (unpaired) electrons. The minimum absolute atomic E-state index is 0. The molecule has 1 aromatic carbocycles. The van der Waals surface area contributed by atoms with Gasteiger partial charge in [0.15, 0.2) is 6.61 Å². The van der Waals surface area contributed by atoms with E-state index < -0.39 is 12.8 Å². The summed E-state index contributed by atoms with van der Waals surface area (Å²) in [5.74, 6) is -0.675. The lowest BCUT2D eigenvalue weighted by molar-refractivity contribution is -0.154. The van der Waals surface area contributed by atoms with Gasteiger partial charge in [0, 0.05) is 37.5 Å². The summed E-state index contributed by atoms with van der Waals surface area (Å²) in [6, 6.07) is 11.7. The Kier molecular flexibility index (Phi) is 9.83. The van der Waals surface area contributed by atoms with Crippen molar-refractivity contribution in [3.05, 3.63) is 88.2 Å². The zero-order valence-corrected chi connectivity index (χ0v) is 24.2. The number of halogens is 6. The molecule has 3 aromatic heterocycles. The largest absolute Gasteiger partial charge is 0.468 e. The number of hydrogen-bond acceptors (Lipinski definition) is 5. The Balaban J connectivity index is 0.00000405. The molecule has 5 rings (SSSR count). The smallest absolute Gasteiger partial charge is 0.422 e. The molecule has 1 saturated heterocycles. The van der Waals surface area contributed by atoms with Crippen LogP contribution >= 0.6 is 24.0 Å². The van der Waals surface area contributed by atoms with E-state index in [0.717, 1.165) is 24.1 Å². The van der Waals surface area contributed by atoms with Gasteiger partial charge in [0.05, 0.1) is 22.6 Å². The fraction of sp³-hybridized carbons (Fsp3) is 0.345. The maximum absolute atomic E-state index is 15.1. The molecule has 42 heavy (non-hydrogen) atoms. The maximum Gasteiger partial charge on any atom is 0.422 e. The number of ether oxygens (including phenoxy) is 1. The molecule has 7 nitrogen and oxygen atoms in total. The molecule has 1 aliphatic heterocycles. The van der Waals surface area contributed by atoms with Gasteiger partial charge in [-0.25, -0.2) is 14.4 Å². The molecule has 1 fully saturated rings. The van der Waals surface area contributed by atoms with Crippen molar-refractivity contribution in [2.45, 2.75) is 44.8 Å². The SMILES string of the molecule is CCc1nc2ccc(Cl)cn2c1C(=O)NCc1ccc(C2CCN(c3ccc(OCC(F)(F)F)nc3)CC2)cc1F.Cl. The lowest BCUT2D eigenvalue weighted by Gasteiger charge is -2.33. The number of benzene rings is 1. The van der Waals surface area contributed by atoms with Gasteiger partial charge in [0.25, 0.3) is 5.91 Å². The first-order chi connectivity index (χ1) is 19.6. The lowest BCUT2D eigenvalue weighted by atomic mass is 9.88. The van der Waals surface area contributed by atoms with Crippen LogP contribution in [0, 0.1) is 5.82 Å². The van der Waals surface area contributed by atoms with Crippen molar-refractivity contribution >= 4 is 41.2 Å². The molecular formula is C29H29Cl2F4N5O2. The van der Waals surface area contributed by atoms with Gasteiger partial charge in [-0.15, -0.1) is 12.4 Å². The van der Waals surface area contributed by atoms with Gasteiger partial charge in [-0.1, -0.05) is 30.7 Å². The van der Waals surface area contributed by atoms with Crippen molar-refractivity contribution in [3.8, 4) is 5.88 Å². The molecule has 0 saturated carbocycles. The lowest BCUT2D eigenvalue weighted by Crippen LogP contribution is -2.33. The van der Waals surface area contributed by atoms with Crippen LogP contribution in [0.15, 0.2) is 54.9 Å². The van der Waals surface area contributed by atoms with Crippen molar-refractivity contribution in [2.24, 2.45) is 0 Å². The van der Waals surface area contributed by atoms with Gasteiger partial charge >= 0.3 is 6.18 Å². The molecule has 4 aromatic rings. The fourth-order valence-electron chi connectivity index (χ4n) is 5.05. The van der Waals surface area contributed by atoms with E-state index in [1.807, 2.05) is 13.0 Å². The Bertz CT molecular complexity index is 1540. The highest BCUT2D eigenvalue weighted by atomic mass is 35.5. The Morgan fingerprint density at radius 2 is 1.90 bits per heavy atom. The Morgan fingerprint density at radius 3 is 2.55 bits per heavy atom. The second-order valence-corrected chi connectivity index (χ2v) is 10.3. The highest BCUT2D eigenvalue weighted by Gasteiger charge is 2.29. The molecule has 1 amide bonds. The topological polar surface area (TPSA) is 71.8 Å². The number of carbonyl (C=O) groups is 1. The van der Waals surface area contributed by atoms with Crippen molar-refractivity contribution in [1.29, 1.82) is 0 Å². The number of pyridine rings is 2. The number of anilines is 1. The quantitative estimate of drug-likeness (QED) is 0.219. The van der Waals surface area contributed by atoms with Gasteiger partial charge < -0.3 is 15.0 Å². The molecular weight excluding hydrogens is 597 g/mol. The summed E-state index contributed by atoms with van der Waals surface area (Å²) in [7, 11) is 0. The van der Waals surface area contributed by atoms with Crippen LogP contribution in [0.3, 0.4) is 0 Å². The summed E-state index contributed by atoms with van der Waals surface area (Å²) in [5.41, 5.74) is 3.68. The molecule has 0 atom stereocenters. The number of nitrogens with zero attached hydrogens (tertiary/aromatic N) is 4. The van der Waals surface area contributed by atoms with Crippen LogP contribution < -0.4 is 15.0 Å². The molecule has 0 bridgehead atoms. The van der Waals surface area contributed by atoms with E-state index in [-0.39, 0.29) is 42.5 Å². The summed E-state index contributed by atoms with van der Waals surface area (Å²) in [6.07, 6.45) is 0.827. The van der Waals surface area contributed by atoms with E-state index in [2.05, 4.69) is 24.9 Å². The number of imidazole rings is 1. The first-order valence-electron chi connectivity index (χ1n) is 13.2. The number of aromatic nitrogens is 3. The third-order valence-corrected chi connectivity index (χ3v) is 7.38. The van der Waals surface area contributed by atoms with E-state index in [9.17, 15) is 18.0 Å². The second kappa shape index (κ2) is 13.2. The van der Waals surface area contributed by atoms with Crippen LogP contribution in [0.25, 0.3) is 5.65 Å². The Labute approximate surface area is 251 Å². The monoisotopic (exact) mass is 625 g/mol. The van der Waals surface area contributed by atoms with E-state index >= 15 is 4.39 Å². The van der Waals surface area contributed by atoms with Crippen LogP contribution in [0.4, 0.5) is 23.2 Å². The highest BCUT2D eigenvalue weighted by molar-refractivity contribution is 6.30. The third kappa shape index (κ3) is 7.25. The van der Waals surface area contributed by atoms with E-state index in [0.29, 0.717) is 47.1 Å².